The summed E-state index contributed by atoms with van der Waals surface area (Å²) in [5.41, 5.74) is -0.688. The van der Waals surface area contributed by atoms with Crippen molar-refractivity contribution < 1.29 is 13.9 Å². The molecule has 0 unspecified atom stereocenters. The SMILES string of the molecule is CC.COCCCCOc1cc2oc3nc(=O)[nH]c(=O)c-3cc2cc1Cl. The smallest absolute Gasteiger partial charge is 0.351 e. The Hall–Kier alpha value is -2.38. The summed E-state index contributed by atoms with van der Waals surface area (Å²) in [7, 11) is 1.65. The molecule has 0 atom stereocenters. The Morgan fingerprint density at radius 1 is 1.15 bits per heavy atom. The van der Waals surface area contributed by atoms with E-state index in [0.717, 1.165) is 12.8 Å². The molecule has 1 N–H and O–H groups in total. The van der Waals surface area contributed by atoms with E-state index in [2.05, 4.69) is 9.97 Å². The highest BCUT2D eigenvalue weighted by molar-refractivity contribution is 6.32. The number of unbranched alkanes of at least 4 members (excludes halogenated alkanes) is 1. The van der Waals surface area contributed by atoms with Crippen molar-refractivity contribution in [3.63, 3.8) is 0 Å². The lowest BCUT2D eigenvalue weighted by Gasteiger charge is -2.10. The summed E-state index contributed by atoms with van der Waals surface area (Å²) in [5.74, 6) is 0.446. The van der Waals surface area contributed by atoms with Crippen molar-refractivity contribution in [1.82, 2.24) is 9.97 Å². The van der Waals surface area contributed by atoms with E-state index in [1.54, 1.807) is 25.3 Å². The summed E-state index contributed by atoms with van der Waals surface area (Å²) in [4.78, 5) is 28.9. The number of rotatable bonds is 6. The Kier molecular flexibility index (Phi) is 7.17. The number of aromatic nitrogens is 2. The van der Waals surface area contributed by atoms with Crippen LogP contribution in [0, 0.1) is 0 Å². The number of hydrogen-bond donors (Lipinski definition) is 1. The molecule has 0 spiro atoms. The Balaban J connectivity index is 0.00000117. The van der Waals surface area contributed by atoms with Crippen LogP contribution in [0.3, 0.4) is 0 Å². The standard InChI is InChI=1S/C16H15ClN2O5.C2H6/c1-22-4-2-3-5-23-13-8-12-9(7-11(13)17)6-10-14(20)18-16(21)19-15(10)24-12;1-2/h6-8H,2-5H2,1H3,(H,18,20,21);1-2H3. The molecule has 8 heteroatoms. The van der Waals surface area contributed by atoms with Gasteiger partial charge in [-0.05, 0) is 25.0 Å². The van der Waals surface area contributed by atoms with Crippen molar-refractivity contribution in [2.75, 3.05) is 20.3 Å². The van der Waals surface area contributed by atoms with E-state index in [9.17, 15) is 9.59 Å². The van der Waals surface area contributed by atoms with Crippen molar-refractivity contribution in [2.24, 2.45) is 0 Å². The Bertz CT molecular complexity index is 951. The molecule has 140 valence electrons. The quantitative estimate of drug-likeness (QED) is 0.519. The van der Waals surface area contributed by atoms with Gasteiger partial charge in [-0.2, -0.15) is 4.98 Å². The Morgan fingerprint density at radius 2 is 1.88 bits per heavy atom. The van der Waals surface area contributed by atoms with Gasteiger partial charge in [-0.1, -0.05) is 25.4 Å². The zero-order valence-corrected chi connectivity index (χ0v) is 15.7. The Labute approximate surface area is 155 Å². The Morgan fingerprint density at radius 3 is 2.62 bits per heavy atom. The lowest BCUT2D eigenvalue weighted by Crippen LogP contribution is -2.24. The van der Waals surface area contributed by atoms with Crippen molar-refractivity contribution in [2.45, 2.75) is 26.7 Å². The van der Waals surface area contributed by atoms with Gasteiger partial charge in [-0.25, -0.2) is 4.79 Å². The summed E-state index contributed by atoms with van der Waals surface area (Å²) < 4.78 is 16.2. The van der Waals surface area contributed by atoms with Gasteiger partial charge in [0.1, 0.15) is 16.9 Å². The van der Waals surface area contributed by atoms with Crippen LogP contribution in [0.1, 0.15) is 26.7 Å². The minimum absolute atomic E-state index is 0.0235. The molecule has 7 nitrogen and oxygen atoms in total. The molecule has 26 heavy (non-hydrogen) atoms. The summed E-state index contributed by atoms with van der Waals surface area (Å²) in [5, 5.41) is 1.03. The minimum atomic E-state index is -0.751. The van der Waals surface area contributed by atoms with Crippen LogP contribution in [-0.2, 0) is 4.74 Å². The second kappa shape index (κ2) is 9.35. The van der Waals surface area contributed by atoms with Crippen LogP contribution in [0.2, 0.25) is 5.02 Å². The number of ether oxygens (including phenoxy) is 2. The predicted octanol–water partition coefficient (Wildman–Crippen LogP) is 3.47. The number of methoxy groups -OCH3 is 1. The number of nitrogens with one attached hydrogen (secondary N) is 1. The second-order valence-electron chi connectivity index (χ2n) is 5.21. The molecule has 0 aliphatic carbocycles. The highest BCUT2D eigenvalue weighted by atomic mass is 35.5. The maximum atomic E-state index is 11.8. The van der Waals surface area contributed by atoms with Gasteiger partial charge in [0, 0.05) is 25.2 Å². The molecule has 2 aliphatic heterocycles. The van der Waals surface area contributed by atoms with Gasteiger partial charge in [0.15, 0.2) is 0 Å². The molecule has 0 bridgehead atoms. The van der Waals surface area contributed by atoms with E-state index in [0.29, 0.717) is 35.0 Å². The van der Waals surface area contributed by atoms with E-state index >= 15 is 0 Å². The van der Waals surface area contributed by atoms with Gasteiger partial charge in [0.2, 0.25) is 5.89 Å². The van der Waals surface area contributed by atoms with E-state index in [1.165, 1.54) is 0 Å². The van der Waals surface area contributed by atoms with Crippen LogP contribution in [0.4, 0.5) is 0 Å². The minimum Gasteiger partial charge on any atom is -0.492 e. The normalized spacial score (nSPS) is 10.6. The van der Waals surface area contributed by atoms with Gasteiger partial charge in [-0.3, -0.25) is 9.78 Å². The third kappa shape index (κ3) is 4.62. The number of nitrogens with zero attached hydrogens (tertiary/aromatic N) is 1. The van der Waals surface area contributed by atoms with Gasteiger partial charge in [-0.15, -0.1) is 0 Å². The molecule has 0 amide bonds. The molecule has 3 rings (SSSR count). The fourth-order valence-corrected chi connectivity index (χ4v) is 2.53. The molecule has 1 aromatic rings. The van der Waals surface area contributed by atoms with Crippen molar-refractivity contribution >= 4 is 22.6 Å². The molecule has 2 aliphatic rings. The molecule has 0 radical (unpaired) electrons. The third-order valence-electron chi connectivity index (χ3n) is 3.47. The summed E-state index contributed by atoms with van der Waals surface area (Å²) in [6.45, 7) is 5.17. The third-order valence-corrected chi connectivity index (χ3v) is 3.77. The maximum Gasteiger partial charge on any atom is 0.351 e. The molecule has 2 heterocycles. The summed E-state index contributed by atoms with van der Waals surface area (Å²) >= 11 is 6.22. The molecule has 0 saturated carbocycles. The van der Waals surface area contributed by atoms with E-state index in [1.807, 2.05) is 13.8 Å². The van der Waals surface area contributed by atoms with Crippen molar-refractivity contribution in [3.8, 4) is 17.2 Å². The number of H-pyrrole nitrogens is 1. The first-order chi connectivity index (χ1) is 12.6. The second-order valence-corrected chi connectivity index (χ2v) is 5.61. The average Bonchev–Trinajstić information content (AvgIpc) is 2.62. The molecule has 0 aromatic heterocycles. The van der Waals surface area contributed by atoms with E-state index in [-0.39, 0.29) is 11.5 Å². The number of hydrogen-bond acceptors (Lipinski definition) is 6. The van der Waals surface area contributed by atoms with E-state index < -0.39 is 11.2 Å². The number of fused-ring (bicyclic) bond motifs is 2. The van der Waals surface area contributed by atoms with Crippen LogP contribution in [-0.4, -0.2) is 30.3 Å². The summed E-state index contributed by atoms with van der Waals surface area (Å²) in [6, 6.07) is 4.85. The van der Waals surface area contributed by atoms with Crippen LogP contribution < -0.4 is 16.0 Å². The fraction of sp³-hybridized carbons (Fsp3) is 0.389. The van der Waals surface area contributed by atoms with Crippen molar-refractivity contribution in [1.29, 1.82) is 0 Å². The van der Waals surface area contributed by atoms with Crippen LogP contribution in [0.15, 0.2) is 32.2 Å². The van der Waals surface area contributed by atoms with Crippen LogP contribution in [0.5, 0.6) is 5.75 Å². The molecular formula is C18H21ClN2O5. The number of benzene rings is 1. The summed E-state index contributed by atoms with van der Waals surface area (Å²) in [6.07, 6.45) is 1.71. The van der Waals surface area contributed by atoms with E-state index in [4.69, 9.17) is 25.5 Å². The predicted molar refractivity (Wildman–Crippen MR) is 100 cm³/mol. The van der Waals surface area contributed by atoms with Crippen LogP contribution >= 0.6 is 11.6 Å². The van der Waals surface area contributed by atoms with Gasteiger partial charge in [0.05, 0.1) is 11.6 Å². The lowest BCUT2D eigenvalue weighted by molar-refractivity contribution is 0.184. The zero-order valence-electron chi connectivity index (χ0n) is 14.9. The first kappa shape index (κ1) is 19.9. The van der Waals surface area contributed by atoms with Gasteiger partial charge in [0.25, 0.3) is 5.56 Å². The number of halogens is 1. The maximum absolute atomic E-state index is 11.8. The van der Waals surface area contributed by atoms with Gasteiger partial charge >= 0.3 is 5.69 Å². The van der Waals surface area contributed by atoms with Crippen LogP contribution in [0.25, 0.3) is 22.4 Å². The first-order valence-electron chi connectivity index (χ1n) is 8.37. The number of aromatic amines is 1. The molecule has 0 fully saturated rings. The molecule has 1 aromatic carbocycles. The highest BCUT2D eigenvalue weighted by Gasteiger charge is 2.15. The van der Waals surface area contributed by atoms with Gasteiger partial charge < -0.3 is 13.9 Å². The fourth-order valence-electron chi connectivity index (χ4n) is 2.30. The first-order valence-corrected chi connectivity index (χ1v) is 8.75. The zero-order chi connectivity index (χ0) is 19.1. The largest absolute Gasteiger partial charge is 0.492 e. The molecular weight excluding hydrogens is 360 g/mol. The average molecular weight is 381 g/mol. The van der Waals surface area contributed by atoms with Crippen molar-refractivity contribution in [3.05, 3.63) is 44.1 Å². The molecule has 0 saturated heterocycles. The highest BCUT2D eigenvalue weighted by Crippen LogP contribution is 2.32. The monoisotopic (exact) mass is 380 g/mol. The topological polar surface area (TPSA) is 94.4 Å². The lowest BCUT2D eigenvalue weighted by atomic mass is 10.1.